The first-order valence-corrected chi connectivity index (χ1v) is 7.57. The van der Waals surface area contributed by atoms with Crippen LogP contribution < -0.4 is 15.8 Å². The molecule has 1 amide bonds. The predicted molar refractivity (Wildman–Crippen MR) is 84.2 cm³/mol. The summed E-state index contributed by atoms with van der Waals surface area (Å²) in [6, 6.07) is 7.24. The van der Waals surface area contributed by atoms with Crippen molar-refractivity contribution in [2.45, 2.75) is 19.3 Å². The molecule has 1 fully saturated rings. The maximum atomic E-state index is 11.8. The molecule has 5 heteroatoms. The topological polar surface area (TPSA) is 67.6 Å². The molecule has 21 heavy (non-hydrogen) atoms. The number of likely N-dealkylation sites (tertiary alicyclic amines) is 1. The Hall–Kier alpha value is -1.75. The normalized spacial score (nSPS) is 19.2. The molecule has 0 saturated carbocycles. The van der Waals surface area contributed by atoms with Crippen molar-refractivity contribution in [2.75, 3.05) is 39.0 Å². The van der Waals surface area contributed by atoms with Crippen molar-refractivity contribution in [3.63, 3.8) is 0 Å². The van der Waals surface area contributed by atoms with Crippen molar-refractivity contribution in [1.82, 2.24) is 10.2 Å². The number of hydrogen-bond acceptors (Lipinski definition) is 4. The van der Waals surface area contributed by atoms with Crippen molar-refractivity contribution in [3.8, 4) is 5.75 Å². The molecule has 1 aliphatic heterocycles. The molecule has 1 aromatic carbocycles. The number of carbonyl (C=O) groups excluding carboxylic acids is 1. The van der Waals surface area contributed by atoms with Gasteiger partial charge in [-0.2, -0.15) is 0 Å². The van der Waals surface area contributed by atoms with Crippen molar-refractivity contribution in [2.24, 2.45) is 5.92 Å². The molecule has 2 rings (SSSR count). The van der Waals surface area contributed by atoms with Gasteiger partial charge in [0, 0.05) is 24.8 Å². The number of ether oxygens (including phenoxy) is 1. The Morgan fingerprint density at radius 2 is 2.38 bits per heavy atom. The van der Waals surface area contributed by atoms with Gasteiger partial charge in [0.2, 0.25) is 5.91 Å². The number of amides is 1. The Labute approximate surface area is 126 Å². The minimum Gasteiger partial charge on any atom is -0.493 e. The molecular formula is C16H25N3O2. The maximum absolute atomic E-state index is 11.8. The third-order valence-corrected chi connectivity index (χ3v) is 3.77. The Morgan fingerprint density at radius 1 is 1.52 bits per heavy atom. The standard InChI is InChI=1S/C16H25N3O2/c1-19-8-3-4-13(12-19)11-18-16(20)7-9-21-15-6-2-5-14(17)10-15/h2,5-6,10,13H,3-4,7-9,11-12,17H2,1H3,(H,18,20). The average Bonchev–Trinajstić information content (AvgIpc) is 2.45. The van der Waals surface area contributed by atoms with E-state index in [9.17, 15) is 4.79 Å². The van der Waals surface area contributed by atoms with Crippen molar-refractivity contribution < 1.29 is 9.53 Å². The molecule has 116 valence electrons. The fourth-order valence-electron chi connectivity index (χ4n) is 2.65. The number of nitrogens with one attached hydrogen (secondary N) is 1. The van der Waals surface area contributed by atoms with E-state index < -0.39 is 0 Å². The number of nitrogens with zero attached hydrogens (tertiary/aromatic N) is 1. The van der Waals surface area contributed by atoms with Crippen molar-refractivity contribution in [1.29, 1.82) is 0 Å². The molecule has 0 spiro atoms. The fourth-order valence-corrected chi connectivity index (χ4v) is 2.65. The van der Waals surface area contributed by atoms with E-state index in [2.05, 4.69) is 17.3 Å². The Bertz CT molecular complexity index is 465. The molecule has 5 nitrogen and oxygen atoms in total. The molecule has 0 aromatic heterocycles. The van der Waals surface area contributed by atoms with Crippen LogP contribution in [0.3, 0.4) is 0 Å². The highest BCUT2D eigenvalue weighted by atomic mass is 16.5. The summed E-state index contributed by atoms with van der Waals surface area (Å²) in [7, 11) is 2.13. The zero-order chi connectivity index (χ0) is 15.1. The van der Waals surface area contributed by atoms with Crippen LogP contribution in [0, 0.1) is 5.92 Å². The zero-order valence-electron chi connectivity index (χ0n) is 12.7. The summed E-state index contributed by atoms with van der Waals surface area (Å²) in [4.78, 5) is 14.1. The second-order valence-corrected chi connectivity index (χ2v) is 5.75. The summed E-state index contributed by atoms with van der Waals surface area (Å²) in [6.45, 7) is 3.37. The van der Waals surface area contributed by atoms with Crippen LogP contribution in [0.4, 0.5) is 5.69 Å². The predicted octanol–water partition coefficient (Wildman–Crippen LogP) is 1.50. The van der Waals surface area contributed by atoms with Gasteiger partial charge in [-0.3, -0.25) is 4.79 Å². The third kappa shape index (κ3) is 5.63. The Morgan fingerprint density at radius 3 is 3.14 bits per heavy atom. The van der Waals surface area contributed by atoms with Gasteiger partial charge in [0.05, 0.1) is 13.0 Å². The second kappa shape index (κ2) is 7.88. The molecule has 1 atom stereocenters. The molecule has 1 aliphatic rings. The Kier molecular flexibility index (Phi) is 5.87. The van der Waals surface area contributed by atoms with E-state index in [-0.39, 0.29) is 5.91 Å². The van der Waals surface area contributed by atoms with Gasteiger partial charge in [-0.05, 0) is 44.5 Å². The molecule has 0 radical (unpaired) electrons. The van der Waals surface area contributed by atoms with E-state index >= 15 is 0 Å². The van der Waals surface area contributed by atoms with Crippen LogP contribution in [-0.2, 0) is 4.79 Å². The molecule has 3 N–H and O–H groups in total. The minimum absolute atomic E-state index is 0.0483. The summed E-state index contributed by atoms with van der Waals surface area (Å²) >= 11 is 0. The van der Waals surface area contributed by atoms with E-state index in [0.717, 1.165) is 13.1 Å². The fraction of sp³-hybridized carbons (Fsp3) is 0.562. The lowest BCUT2D eigenvalue weighted by molar-refractivity contribution is -0.121. The molecule has 1 aromatic rings. The van der Waals surface area contributed by atoms with Gasteiger partial charge in [-0.1, -0.05) is 6.07 Å². The number of carbonyl (C=O) groups is 1. The van der Waals surface area contributed by atoms with Gasteiger partial charge in [0.1, 0.15) is 5.75 Å². The van der Waals surface area contributed by atoms with Crippen molar-refractivity contribution >= 4 is 11.6 Å². The smallest absolute Gasteiger partial charge is 0.223 e. The lowest BCUT2D eigenvalue weighted by Crippen LogP contribution is -2.39. The highest BCUT2D eigenvalue weighted by molar-refractivity contribution is 5.76. The first-order valence-electron chi connectivity index (χ1n) is 7.57. The van der Waals surface area contributed by atoms with E-state index in [1.807, 2.05) is 12.1 Å². The van der Waals surface area contributed by atoms with Crippen molar-refractivity contribution in [3.05, 3.63) is 24.3 Å². The average molecular weight is 291 g/mol. The number of hydrogen-bond donors (Lipinski definition) is 2. The second-order valence-electron chi connectivity index (χ2n) is 5.75. The van der Waals surface area contributed by atoms with Crippen LogP contribution in [0.15, 0.2) is 24.3 Å². The lowest BCUT2D eigenvalue weighted by atomic mass is 9.98. The number of nitrogen functional groups attached to an aromatic ring is 1. The largest absolute Gasteiger partial charge is 0.493 e. The van der Waals surface area contributed by atoms with E-state index in [0.29, 0.717) is 30.4 Å². The van der Waals surface area contributed by atoms with Gasteiger partial charge in [0.15, 0.2) is 0 Å². The summed E-state index contributed by atoms with van der Waals surface area (Å²) in [5, 5.41) is 3.00. The maximum Gasteiger partial charge on any atom is 0.223 e. The first kappa shape index (κ1) is 15.6. The lowest BCUT2D eigenvalue weighted by Gasteiger charge is -2.29. The number of nitrogens with two attached hydrogens (primary N) is 1. The summed E-state index contributed by atoms with van der Waals surface area (Å²) in [6.07, 6.45) is 2.79. The number of piperidine rings is 1. The van der Waals surface area contributed by atoms with Crippen LogP contribution in [0.1, 0.15) is 19.3 Å². The molecule has 1 heterocycles. The minimum atomic E-state index is 0.0483. The zero-order valence-corrected chi connectivity index (χ0v) is 12.7. The highest BCUT2D eigenvalue weighted by Gasteiger charge is 2.17. The summed E-state index contributed by atoms with van der Waals surface area (Å²) in [5.41, 5.74) is 6.33. The summed E-state index contributed by atoms with van der Waals surface area (Å²) < 4.78 is 5.52. The van der Waals surface area contributed by atoms with Crippen LogP contribution in [0.25, 0.3) is 0 Å². The number of benzene rings is 1. The highest BCUT2D eigenvalue weighted by Crippen LogP contribution is 2.15. The molecule has 1 saturated heterocycles. The first-order chi connectivity index (χ1) is 10.1. The van der Waals surface area contributed by atoms with Gasteiger partial charge in [0.25, 0.3) is 0 Å². The van der Waals surface area contributed by atoms with Crippen LogP contribution in [0.2, 0.25) is 0 Å². The van der Waals surface area contributed by atoms with Gasteiger partial charge in [-0.15, -0.1) is 0 Å². The molecular weight excluding hydrogens is 266 g/mol. The van der Waals surface area contributed by atoms with E-state index in [1.54, 1.807) is 12.1 Å². The monoisotopic (exact) mass is 291 g/mol. The SMILES string of the molecule is CN1CCCC(CNC(=O)CCOc2cccc(N)c2)C1. The quantitative estimate of drug-likeness (QED) is 0.779. The van der Waals surface area contributed by atoms with E-state index in [4.69, 9.17) is 10.5 Å². The van der Waals surface area contributed by atoms with Gasteiger partial charge in [-0.25, -0.2) is 0 Å². The van der Waals surface area contributed by atoms with Crippen LogP contribution in [-0.4, -0.2) is 44.1 Å². The number of anilines is 1. The van der Waals surface area contributed by atoms with Crippen LogP contribution in [0.5, 0.6) is 5.75 Å². The van der Waals surface area contributed by atoms with E-state index in [1.165, 1.54) is 19.4 Å². The number of rotatable bonds is 6. The van der Waals surface area contributed by atoms with Crippen LogP contribution >= 0.6 is 0 Å². The van der Waals surface area contributed by atoms with Gasteiger partial charge < -0.3 is 20.7 Å². The molecule has 1 unspecified atom stereocenters. The third-order valence-electron chi connectivity index (χ3n) is 3.77. The Balaban J connectivity index is 1.61. The molecule has 0 bridgehead atoms. The van der Waals surface area contributed by atoms with Gasteiger partial charge >= 0.3 is 0 Å². The summed E-state index contributed by atoms with van der Waals surface area (Å²) in [5.74, 6) is 1.33. The molecule has 0 aliphatic carbocycles.